The Kier molecular flexibility index (Phi) is 5.01. The van der Waals surface area contributed by atoms with Crippen molar-refractivity contribution >= 4 is 31.9 Å². The van der Waals surface area contributed by atoms with Crippen molar-refractivity contribution in [1.82, 2.24) is 14.5 Å². The van der Waals surface area contributed by atoms with Gasteiger partial charge in [0.2, 0.25) is 0 Å². The van der Waals surface area contributed by atoms with Crippen LogP contribution in [0.25, 0.3) is 11.0 Å². The molecule has 1 spiro atoms. The monoisotopic (exact) mass is 399 g/mol. The van der Waals surface area contributed by atoms with Crippen molar-refractivity contribution in [2.75, 3.05) is 13.1 Å². The van der Waals surface area contributed by atoms with Gasteiger partial charge >= 0.3 is 7.12 Å². The minimum atomic E-state index is -1.89. The van der Waals surface area contributed by atoms with Crippen LogP contribution in [-0.4, -0.2) is 42.7 Å². The number of aromatic nitrogens is 2. The van der Waals surface area contributed by atoms with E-state index in [1.165, 1.54) is 10.9 Å². The van der Waals surface area contributed by atoms with Crippen molar-refractivity contribution < 1.29 is 9.68 Å². The van der Waals surface area contributed by atoms with Crippen LogP contribution in [0.4, 0.5) is 0 Å². The van der Waals surface area contributed by atoms with Crippen molar-refractivity contribution in [3.05, 3.63) is 24.0 Å². The van der Waals surface area contributed by atoms with E-state index in [-0.39, 0.29) is 5.60 Å². The van der Waals surface area contributed by atoms with E-state index in [0.29, 0.717) is 16.6 Å². The maximum Gasteiger partial charge on any atom is 0.493 e. The number of hydrogen-bond donors (Lipinski definition) is 2. The summed E-state index contributed by atoms with van der Waals surface area (Å²) in [6, 6.07) is 2.24. The van der Waals surface area contributed by atoms with Gasteiger partial charge in [0.15, 0.2) is 8.24 Å². The maximum absolute atomic E-state index is 10.6. The fourth-order valence-electron chi connectivity index (χ4n) is 6.48. The summed E-state index contributed by atoms with van der Waals surface area (Å²) in [5.74, 6) is 0. The first-order chi connectivity index (χ1) is 13.3. The van der Waals surface area contributed by atoms with Crippen molar-refractivity contribution in [3.8, 4) is 0 Å². The van der Waals surface area contributed by atoms with Gasteiger partial charge < -0.3 is 19.2 Å². The average Bonchev–Trinajstić information content (AvgIpc) is 3.15. The number of nitrogens with one attached hydrogen (secondary N) is 1. The van der Waals surface area contributed by atoms with Crippen LogP contribution in [0.2, 0.25) is 16.6 Å². The Labute approximate surface area is 170 Å². The smallest absolute Gasteiger partial charge is 0.423 e. The highest BCUT2D eigenvalue weighted by atomic mass is 28.3. The summed E-state index contributed by atoms with van der Waals surface area (Å²) >= 11 is 0. The molecule has 28 heavy (non-hydrogen) atoms. The number of nitrogens with zero attached hydrogens (tertiary/aromatic N) is 2. The van der Waals surface area contributed by atoms with E-state index in [2.05, 4.69) is 63.4 Å². The summed E-state index contributed by atoms with van der Waals surface area (Å²) in [5, 5.41) is 15.2. The Hall–Kier alpha value is -1.15. The van der Waals surface area contributed by atoms with Crippen LogP contribution in [-0.2, 0) is 10.3 Å². The molecule has 5 nitrogen and oxygen atoms in total. The van der Waals surface area contributed by atoms with E-state index >= 15 is 0 Å². The fourth-order valence-corrected chi connectivity index (χ4v) is 13.0. The predicted molar refractivity (Wildman–Crippen MR) is 119 cm³/mol. The quantitative estimate of drug-likeness (QED) is 0.775. The van der Waals surface area contributed by atoms with Gasteiger partial charge in [-0.2, -0.15) is 0 Å². The molecule has 2 aliphatic rings. The summed E-state index contributed by atoms with van der Waals surface area (Å²) in [6.07, 6.45) is 5.93. The molecule has 7 heteroatoms. The van der Waals surface area contributed by atoms with Crippen LogP contribution in [0.15, 0.2) is 18.5 Å². The lowest BCUT2D eigenvalue weighted by molar-refractivity contribution is 0.0301. The van der Waals surface area contributed by atoms with E-state index in [1.54, 1.807) is 0 Å². The minimum absolute atomic E-state index is 0.384. The number of pyridine rings is 1. The molecule has 2 aliphatic heterocycles. The zero-order valence-electron chi connectivity index (χ0n) is 18.1. The molecule has 0 bridgehead atoms. The van der Waals surface area contributed by atoms with E-state index in [0.717, 1.165) is 37.0 Å². The molecule has 2 aromatic rings. The molecule has 4 heterocycles. The summed E-state index contributed by atoms with van der Waals surface area (Å²) in [4.78, 5) is 4.90. The molecule has 0 atom stereocenters. The van der Waals surface area contributed by atoms with E-state index in [9.17, 15) is 5.02 Å². The van der Waals surface area contributed by atoms with Crippen LogP contribution in [0.3, 0.4) is 0 Å². The van der Waals surface area contributed by atoms with Crippen LogP contribution >= 0.6 is 0 Å². The lowest BCUT2D eigenvalue weighted by Crippen LogP contribution is -2.51. The van der Waals surface area contributed by atoms with Gasteiger partial charge in [-0.05, 0) is 60.4 Å². The third kappa shape index (κ3) is 2.59. The topological polar surface area (TPSA) is 59.3 Å². The molecular formula is C21H34BN3O2Si. The maximum atomic E-state index is 10.6. The lowest BCUT2D eigenvalue weighted by Gasteiger charge is -2.44. The highest BCUT2D eigenvalue weighted by Crippen LogP contribution is 2.46. The normalized spacial score (nSPS) is 19.6. The second-order valence-electron chi connectivity index (χ2n) is 9.58. The van der Waals surface area contributed by atoms with Gasteiger partial charge in [-0.3, -0.25) is 0 Å². The molecule has 1 saturated heterocycles. The van der Waals surface area contributed by atoms with Gasteiger partial charge in [-0.25, -0.2) is 4.98 Å². The van der Waals surface area contributed by atoms with E-state index < -0.39 is 15.4 Å². The zero-order valence-corrected chi connectivity index (χ0v) is 19.1. The SMILES string of the molecule is CC(C)[Si](C(C)C)(C(C)C)n1ccc2c3c(cnc21)B(O)OC31CCNCC1. The summed E-state index contributed by atoms with van der Waals surface area (Å²) < 4.78 is 8.74. The molecule has 2 aromatic heterocycles. The van der Waals surface area contributed by atoms with Crippen LogP contribution in [0.5, 0.6) is 0 Å². The van der Waals surface area contributed by atoms with Crippen molar-refractivity contribution in [3.63, 3.8) is 0 Å². The standard InChI is InChI=1S/C21H34BN3O2Si/c1-14(2)28(15(3)4,16(5)6)25-12-7-17-19-18(13-24-20(17)25)22(26)27-21(19)8-10-23-11-9-21/h7,12-16,23,26H,8-11H2,1-6H3. The van der Waals surface area contributed by atoms with Gasteiger partial charge in [-0.1, -0.05) is 41.5 Å². The van der Waals surface area contributed by atoms with Crippen LogP contribution in [0.1, 0.15) is 59.9 Å². The lowest BCUT2D eigenvalue weighted by atomic mass is 9.76. The van der Waals surface area contributed by atoms with Gasteiger partial charge in [-0.15, -0.1) is 0 Å². The van der Waals surface area contributed by atoms with Gasteiger partial charge in [0.05, 0.1) is 5.60 Å². The highest BCUT2D eigenvalue weighted by molar-refractivity contribution is 6.82. The molecular weight excluding hydrogens is 365 g/mol. The molecule has 0 aromatic carbocycles. The summed E-state index contributed by atoms with van der Waals surface area (Å²) in [6.45, 7) is 16.1. The number of rotatable bonds is 4. The second-order valence-corrected chi connectivity index (χ2v) is 15.3. The van der Waals surface area contributed by atoms with E-state index in [4.69, 9.17) is 9.64 Å². The third-order valence-electron chi connectivity index (χ3n) is 7.41. The molecule has 0 radical (unpaired) electrons. The largest absolute Gasteiger partial charge is 0.493 e. The Bertz CT molecular complexity index is 852. The molecule has 152 valence electrons. The first-order valence-corrected chi connectivity index (χ1v) is 13.0. The average molecular weight is 399 g/mol. The Morgan fingerprint density at radius 3 is 2.32 bits per heavy atom. The van der Waals surface area contributed by atoms with Crippen molar-refractivity contribution in [1.29, 1.82) is 0 Å². The van der Waals surface area contributed by atoms with E-state index in [1.807, 2.05) is 6.20 Å². The van der Waals surface area contributed by atoms with Crippen LogP contribution in [0, 0.1) is 0 Å². The first-order valence-electron chi connectivity index (χ1n) is 10.8. The van der Waals surface area contributed by atoms with Crippen molar-refractivity contribution in [2.24, 2.45) is 0 Å². The van der Waals surface area contributed by atoms with Gasteiger partial charge in [0.1, 0.15) is 5.65 Å². The first kappa shape index (κ1) is 20.1. The molecule has 4 rings (SSSR count). The molecule has 0 amide bonds. The zero-order chi connectivity index (χ0) is 20.3. The Morgan fingerprint density at radius 1 is 1.14 bits per heavy atom. The molecule has 0 aliphatic carbocycles. The Morgan fingerprint density at radius 2 is 1.75 bits per heavy atom. The highest BCUT2D eigenvalue weighted by Gasteiger charge is 2.50. The minimum Gasteiger partial charge on any atom is -0.423 e. The number of hydrogen-bond acceptors (Lipinski definition) is 4. The Balaban J connectivity index is 1.97. The molecule has 0 saturated carbocycles. The summed E-state index contributed by atoms with van der Waals surface area (Å²) in [7, 11) is -2.75. The fraction of sp³-hybridized carbons (Fsp3) is 0.667. The molecule has 1 fully saturated rings. The number of piperidine rings is 1. The predicted octanol–water partition coefficient (Wildman–Crippen LogP) is 3.36. The van der Waals surface area contributed by atoms with Gasteiger partial charge in [0, 0.05) is 17.0 Å². The van der Waals surface area contributed by atoms with Crippen molar-refractivity contribution in [2.45, 2.75) is 76.6 Å². The van der Waals surface area contributed by atoms with Gasteiger partial charge in [0.25, 0.3) is 0 Å². The second kappa shape index (κ2) is 6.97. The van der Waals surface area contributed by atoms with Crippen LogP contribution < -0.4 is 10.8 Å². The molecule has 2 N–H and O–H groups in total. The molecule has 0 unspecified atom stereocenters. The summed E-state index contributed by atoms with van der Waals surface area (Å²) in [5.41, 5.74) is 4.55. The number of fused-ring (bicyclic) bond motifs is 4. The third-order valence-corrected chi connectivity index (χ3v) is 14.1.